The van der Waals surface area contributed by atoms with Crippen LogP contribution in [0.5, 0.6) is 0 Å². The van der Waals surface area contributed by atoms with Crippen molar-refractivity contribution in [1.82, 2.24) is 14.7 Å². The molecule has 8 nitrogen and oxygen atoms in total. The van der Waals surface area contributed by atoms with E-state index in [0.717, 1.165) is 6.42 Å². The first-order valence-electron chi connectivity index (χ1n) is 14.1. The number of amides is 3. The fraction of sp³-hybridized carbons (Fsp3) is 0.581. The summed E-state index contributed by atoms with van der Waals surface area (Å²) in [6.45, 7) is 16.3. The van der Waals surface area contributed by atoms with Crippen LogP contribution in [0.1, 0.15) is 52.1 Å². The lowest BCUT2D eigenvalue weighted by Gasteiger charge is -2.43. The van der Waals surface area contributed by atoms with E-state index in [-0.39, 0.29) is 35.7 Å². The molecular formula is C31H42BrN3O5. The van der Waals surface area contributed by atoms with Gasteiger partial charge in [-0.05, 0) is 39.2 Å². The van der Waals surface area contributed by atoms with Gasteiger partial charge in [-0.15, -0.1) is 13.2 Å². The Morgan fingerprint density at radius 3 is 2.40 bits per heavy atom. The van der Waals surface area contributed by atoms with Gasteiger partial charge in [0.2, 0.25) is 17.7 Å². The minimum absolute atomic E-state index is 0.164. The number of alkyl halides is 1. The first-order chi connectivity index (χ1) is 19.0. The van der Waals surface area contributed by atoms with Gasteiger partial charge in [0.1, 0.15) is 11.6 Å². The lowest BCUT2D eigenvalue weighted by Crippen LogP contribution is -2.60. The normalized spacial score (nSPS) is 29.7. The van der Waals surface area contributed by atoms with Crippen LogP contribution in [0.15, 0.2) is 55.6 Å². The van der Waals surface area contributed by atoms with Crippen molar-refractivity contribution in [2.75, 3.05) is 26.2 Å². The third-order valence-electron chi connectivity index (χ3n) is 8.48. The van der Waals surface area contributed by atoms with Gasteiger partial charge in [0.15, 0.2) is 0 Å². The van der Waals surface area contributed by atoms with E-state index in [1.165, 1.54) is 4.90 Å². The summed E-state index contributed by atoms with van der Waals surface area (Å²) in [5.74, 6) is -2.37. The maximum Gasteiger partial charge on any atom is 0.249 e. The fourth-order valence-electron chi connectivity index (χ4n) is 6.89. The molecule has 40 heavy (non-hydrogen) atoms. The average molecular weight is 617 g/mol. The molecule has 3 heterocycles. The van der Waals surface area contributed by atoms with Crippen LogP contribution in [-0.2, 0) is 19.1 Å². The van der Waals surface area contributed by atoms with Crippen LogP contribution in [0, 0.1) is 11.8 Å². The third-order valence-corrected chi connectivity index (χ3v) is 9.33. The van der Waals surface area contributed by atoms with E-state index >= 15 is 0 Å². The maximum atomic E-state index is 14.6. The second-order valence-electron chi connectivity index (χ2n) is 12.0. The molecule has 1 aromatic carbocycles. The zero-order chi connectivity index (χ0) is 29.4. The summed E-state index contributed by atoms with van der Waals surface area (Å²) in [4.78, 5) is 48.0. The number of ether oxygens (including phenoxy) is 1. The van der Waals surface area contributed by atoms with Crippen LogP contribution in [0.25, 0.3) is 0 Å². The summed E-state index contributed by atoms with van der Waals surface area (Å²) in [6, 6.07) is 7.43. The number of hydrogen-bond donors (Lipinski definition) is 1. The molecule has 3 saturated heterocycles. The van der Waals surface area contributed by atoms with E-state index in [9.17, 15) is 19.5 Å². The number of hydrogen-bond acceptors (Lipinski definition) is 5. The van der Waals surface area contributed by atoms with Crippen LogP contribution in [0.2, 0.25) is 0 Å². The predicted molar refractivity (Wildman–Crippen MR) is 158 cm³/mol. The topological polar surface area (TPSA) is 90.4 Å². The summed E-state index contributed by atoms with van der Waals surface area (Å²) in [7, 11) is 0. The van der Waals surface area contributed by atoms with Gasteiger partial charge < -0.3 is 24.5 Å². The van der Waals surface area contributed by atoms with Crippen LogP contribution in [0.4, 0.5) is 0 Å². The Bertz CT molecular complexity index is 1140. The van der Waals surface area contributed by atoms with Crippen molar-refractivity contribution >= 4 is 33.7 Å². The van der Waals surface area contributed by atoms with Gasteiger partial charge in [-0.2, -0.15) is 0 Å². The van der Waals surface area contributed by atoms with Crippen LogP contribution < -0.4 is 0 Å². The molecule has 7 atom stereocenters. The maximum absolute atomic E-state index is 14.6. The minimum Gasteiger partial charge on any atom is -0.394 e. The summed E-state index contributed by atoms with van der Waals surface area (Å²) in [5, 5.41) is 10.7. The standard InChI is InChI=1S/C31H42BrN3O5/c1-7-15-33(16-8-2)27(37)23-24-28(38)35(22(19-36)20-13-11-10-12-14-20)26(31(24)18-21(32)25(23)40-31)29(39)34(17-9-3)30(4,5)6/h7,9-14,21-26,36H,1,3,8,15-19H2,2,4-6H3/t21?,22-,23-,24+,25-,26?,31?/m1/s1. The summed E-state index contributed by atoms with van der Waals surface area (Å²) in [6.07, 6.45) is 3.97. The van der Waals surface area contributed by atoms with Gasteiger partial charge in [-0.25, -0.2) is 0 Å². The zero-order valence-corrected chi connectivity index (χ0v) is 25.5. The number of halogens is 1. The van der Waals surface area contributed by atoms with Crippen LogP contribution in [0.3, 0.4) is 0 Å². The highest BCUT2D eigenvalue weighted by atomic mass is 79.9. The quantitative estimate of drug-likeness (QED) is 0.303. The van der Waals surface area contributed by atoms with Crippen LogP contribution in [-0.4, -0.2) is 91.9 Å². The Morgan fingerprint density at radius 1 is 1.20 bits per heavy atom. The van der Waals surface area contributed by atoms with Crippen molar-refractivity contribution < 1.29 is 24.2 Å². The fourth-order valence-corrected chi connectivity index (χ4v) is 7.84. The van der Waals surface area contributed by atoms with Gasteiger partial charge in [0.25, 0.3) is 0 Å². The van der Waals surface area contributed by atoms with Gasteiger partial charge >= 0.3 is 0 Å². The third kappa shape index (κ3) is 4.94. The number of likely N-dealkylation sites (tertiary alicyclic amines) is 1. The molecule has 0 saturated carbocycles. The second kappa shape index (κ2) is 11.8. The van der Waals surface area contributed by atoms with Crippen LogP contribution >= 0.6 is 15.9 Å². The Hall–Kier alpha value is -2.49. The van der Waals surface area contributed by atoms with Gasteiger partial charge in [0, 0.05) is 30.0 Å². The van der Waals surface area contributed by atoms with Gasteiger partial charge in [0.05, 0.1) is 30.6 Å². The lowest BCUT2D eigenvalue weighted by molar-refractivity contribution is -0.155. The van der Waals surface area contributed by atoms with Crippen molar-refractivity contribution in [1.29, 1.82) is 0 Å². The molecular weight excluding hydrogens is 574 g/mol. The predicted octanol–water partition coefficient (Wildman–Crippen LogP) is 3.71. The number of carbonyl (C=O) groups excluding carboxylic acids is 3. The van der Waals surface area contributed by atoms with Crippen molar-refractivity contribution in [3.05, 3.63) is 61.2 Å². The second-order valence-corrected chi connectivity index (χ2v) is 13.2. The lowest BCUT2D eigenvalue weighted by atomic mass is 9.70. The van der Waals surface area contributed by atoms with Crippen molar-refractivity contribution in [2.24, 2.45) is 11.8 Å². The molecule has 218 valence electrons. The first kappa shape index (κ1) is 30.5. The molecule has 0 aliphatic carbocycles. The van der Waals surface area contributed by atoms with E-state index < -0.39 is 41.2 Å². The van der Waals surface area contributed by atoms with E-state index in [1.54, 1.807) is 22.0 Å². The number of carbonyl (C=O) groups is 3. The summed E-state index contributed by atoms with van der Waals surface area (Å²) >= 11 is 3.75. The Labute approximate surface area is 246 Å². The number of aliphatic hydroxyl groups excluding tert-OH is 1. The molecule has 3 fully saturated rings. The number of nitrogens with zero attached hydrogens (tertiary/aromatic N) is 3. The molecule has 4 rings (SSSR count). The van der Waals surface area contributed by atoms with E-state index in [0.29, 0.717) is 25.1 Å². The van der Waals surface area contributed by atoms with Crippen molar-refractivity contribution in [3.63, 3.8) is 0 Å². The Balaban J connectivity index is 1.88. The molecule has 3 amide bonds. The Kier molecular flexibility index (Phi) is 8.97. The van der Waals surface area contributed by atoms with Gasteiger partial charge in [-0.1, -0.05) is 65.3 Å². The molecule has 9 heteroatoms. The smallest absolute Gasteiger partial charge is 0.249 e. The molecule has 1 spiro atoms. The average Bonchev–Trinajstić information content (AvgIpc) is 3.50. The molecule has 0 radical (unpaired) electrons. The molecule has 2 bridgehead atoms. The molecule has 3 aliphatic rings. The Morgan fingerprint density at radius 2 is 1.85 bits per heavy atom. The van der Waals surface area contributed by atoms with E-state index in [2.05, 4.69) is 29.1 Å². The molecule has 0 aromatic heterocycles. The number of fused-ring (bicyclic) bond motifs is 1. The zero-order valence-electron chi connectivity index (χ0n) is 24.0. The summed E-state index contributed by atoms with van der Waals surface area (Å²) in [5.41, 5.74) is -1.07. The van der Waals surface area contributed by atoms with Crippen molar-refractivity contribution in [2.45, 2.75) is 74.7 Å². The molecule has 3 unspecified atom stereocenters. The number of benzene rings is 1. The number of aliphatic hydroxyl groups is 1. The monoisotopic (exact) mass is 615 g/mol. The summed E-state index contributed by atoms with van der Waals surface area (Å²) < 4.78 is 6.70. The first-order valence-corrected chi connectivity index (χ1v) is 15.0. The van der Waals surface area contributed by atoms with E-state index in [4.69, 9.17) is 4.74 Å². The SMILES string of the molecule is C=CCN(CCC)C(=O)[C@H]1[C@@H]2OC3(CC2Br)C(C(=O)N(CC=C)C(C)(C)C)N([C@H](CO)c2ccccc2)C(=O)[C@H]13. The van der Waals surface area contributed by atoms with E-state index in [1.807, 2.05) is 58.0 Å². The molecule has 1 aromatic rings. The molecule has 1 N–H and O–H groups in total. The number of rotatable bonds is 11. The largest absolute Gasteiger partial charge is 0.394 e. The van der Waals surface area contributed by atoms with Gasteiger partial charge in [-0.3, -0.25) is 14.4 Å². The highest BCUT2D eigenvalue weighted by Crippen LogP contribution is 2.61. The minimum atomic E-state index is -1.22. The van der Waals surface area contributed by atoms with Crippen molar-refractivity contribution in [3.8, 4) is 0 Å². The highest BCUT2D eigenvalue weighted by molar-refractivity contribution is 9.09. The highest BCUT2D eigenvalue weighted by Gasteiger charge is 2.77. The molecule has 3 aliphatic heterocycles.